The summed E-state index contributed by atoms with van der Waals surface area (Å²) in [5.74, 6) is 0. The molecule has 0 aliphatic carbocycles. The molecule has 42 heavy (non-hydrogen) atoms. The summed E-state index contributed by atoms with van der Waals surface area (Å²) in [5.41, 5.74) is 9.98. The second kappa shape index (κ2) is 7.99. The Hall–Kier alpha value is -5.60. The third-order valence-corrected chi connectivity index (χ3v) is 9.22. The molecule has 0 saturated heterocycles. The molecule has 0 N–H and O–H groups in total. The second-order valence-corrected chi connectivity index (χ2v) is 11.4. The summed E-state index contributed by atoms with van der Waals surface area (Å²) in [7, 11) is 0. The van der Waals surface area contributed by atoms with E-state index >= 15 is 0 Å². The summed E-state index contributed by atoms with van der Waals surface area (Å²) in [6, 6.07) is 53.4. The van der Waals surface area contributed by atoms with Crippen LogP contribution in [0.1, 0.15) is 0 Å². The van der Waals surface area contributed by atoms with Crippen LogP contribution in [0.2, 0.25) is 0 Å². The van der Waals surface area contributed by atoms with Gasteiger partial charge in [0.15, 0.2) is 0 Å². The molecule has 0 aliphatic heterocycles. The summed E-state index contributed by atoms with van der Waals surface area (Å²) < 4.78 is 4.85. The van der Waals surface area contributed by atoms with Crippen molar-refractivity contribution in [3.8, 4) is 16.8 Å². The SMILES string of the molecule is c1ccc(-n2c3ccccc3c3cc(-c4ccc5c(c4)c4cccc6c7c8ccccc8ccc7n5c46)ccc32)cc1. The van der Waals surface area contributed by atoms with Gasteiger partial charge in [0.2, 0.25) is 0 Å². The number of fused-ring (bicyclic) bond motifs is 11. The van der Waals surface area contributed by atoms with Gasteiger partial charge in [-0.05, 0) is 70.4 Å². The van der Waals surface area contributed by atoms with Gasteiger partial charge in [0.1, 0.15) is 0 Å². The van der Waals surface area contributed by atoms with Gasteiger partial charge < -0.3 is 8.97 Å². The van der Waals surface area contributed by atoms with Gasteiger partial charge in [-0.1, -0.05) is 97.1 Å². The van der Waals surface area contributed by atoms with Crippen LogP contribution in [0.3, 0.4) is 0 Å². The van der Waals surface area contributed by atoms with Crippen molar-refractivity contribution in [3.05, 3.63) is 146 Å². The van der Waals surface area contributed by atoms with E-state index in [1.54, 1.807) is 0 Å². The predicted octanol–water partition coefficient (Wildman–Crippen LogP) is 10.8. The average molecular weight is 533 g/mol. The first-order valence-corrected chi connectivity index (χ1v) is 14.5. The minimum atomic E-state index is 1.18. The van der Waals surface area contributed by atoms with E-state index in [9.17, 15) is 0 Å². The minimum absolute atomic E-state index is 1.18. The number of aromatic nitrogens is 2. The topological polar surface area (TPSA) is 9.34 Å². The van der Waals surface area contributed by atoms with E-state index in [1.807, 2.05) is 0 Å². The lowest BCUT2D eigenvalue weighted by Crippen LogP contribution is -1.92. The highest BCUT2D eigenvalue weighted by Gasteiger charge is 2.19. The van der Waals surface area contributed by atoms with Crippen LogP contribution >= 0.6 is 0 Å². The van der Waals surface area contributed by atoms with Crippen molar-refractivity contribution >= 4 is 70.7 Å². The van der Waals surface area contributed by atoms with Crippen LogP contribution in [-0.2, 0) is 0 Å². The molecule has 194 valence electrons. The summed E-state index contributed by atoms with van der Waals surface area (Å²) in [4.78, 5) is 0. The normalized spacial score (nSPS) is 12.3. The van der Waals surface area contributed by atoms with Gasteiger partial charge in [0, 0.05) is 38.0 Å². The van der Waals surface area contributed by atoms with E-state index in [2.05, 4.69) is 155 Å². The molecule has 2 nitrogen and oxygen atoms in total. The number of nitrogens with zero attached hydrogens (tertiary/aromatic N) is 2. The van der Waals surface area contributed by atoms with Crippen LogP contribution in [0.4, 0.5) is 0 Å². The van der Waals surface area contributed by atoms with E-state index in [0.717, 1.165) is 0 Å². The molecular formula is C40H24N2. The van der Waals surface area contributed by atoms with E-state index < -0.39 is 0 Å². The summed E-state index contributed by atoms with van der Waals surface area (Å²) in [6.45, 7) is 0. The van der Waals surface area contributed by atoms with Crippen LogP contribution in [0.5, 0.6) is 0 Å². The lowest BCUT2D eigenvalue weighted by molar-refractivity contribution is 1.18. The molecule has 0 aliphatic rings. The fraction of sp³-hybridized carbons (Fsp3) is 0. The second-order valence-electron chi connectivity index (χ2n) is 11.4. The molecule has 7 aromatic carbocycles. The van der Waals surface area contributed by atoms with Crippen molar-refractivity contribution in [1.82, 2.24) is 8.97 Å². The number of rotatable bonds is 2. The lowest BCUT2D eigenvalue weighted by atomic mass is 9.99. The predicted molar refractivity (Wildman–Crippen MR) is 178 cm³/mol. The van der Waals surface area contributed by atoms with Gasteiger partial charge in [-0.2, -0.15) is 0 Å². The van der Waals surface area contributed by atoms with Gasteiger partial charge in [0.05, 0.1) is 27.6 Å². The van der Waals surface area contributed by atoms with E-state index in [-0.39, 0.29) is 0 Å². The summed E-state index contributed by atoms with van der Waals surface area (Å²) in [5, 5.41) is 10.4. The summed E-state index contributed by atoms with van der Waals surface area (Å²) in [6.07, 6.45) is 0. The first-order chi connectivity index (χ1) is 20.8. The van der Waals surface area contributed by atoms with Crippen LogP contribution in [0.15, 0.2) is 146 Å². The van der Waals surface area contributed by atoms with Crippen molar-refractivity contribution in [2.24, 2.45) is 0 Å². The first kappa shape index (κ1) is 22.1. The van der Waals surface area contributed by atoms with Crippen LogP contribution in [-0.4, -0.2) is 8.97 Å². The Morgan fingerprint density at radius 2 is 0.976 bits per heavy atom. The zero-order valence-electron chi connectivity index (χ0n) is 22.8. The maximum absolute atomic E-state index is 2.47. The van der Waals surface area contributed by atoms with Crippen molar-refractivity contribution in [3.63, 3.8) is 0 Å². The quantitative estimate of drug-likeness (QED) is 0.209. The molecule has 0 amide bonds. The highest BCUT2D eigenvalue weighted by atomic mass is 15.0. The first-order valence-electron chi connectivity index (χ1n) is 14.5. The molecule has 0 atom stereocenters. The zero-order valence-corrected chi connectivity index (χ0v) is 22.8. The lowest BCUT2D eigenvalue weighted by Gasteiger charge is -2.08. The van der Waals surface area contributed by atoms with E-state index in [4.69, 9.17) is 0 Å². The van der Waals surface area contributed by atoms with Gasteiger partial charge in [-0.15, -0.1) is 0 Å². The standard InChI is InChI=1S/C40H24N2/c1-2-10-28(11-3-1)41-35-16-7-6-13-30(35)33-23-26(18-20-36(33)41)27-19-21-37-34(24-27)31-14-8-15-32-39-29-12-5-4-9-25(29)17-22-38(39)42(37)40(31)32/h1-24H. The minimum Gasteiger partial charge on any atom is -0.309 e. The highest BCUT2D eigenvalue weighted by Crippen LogP contribution is 2.43. The highest BCUT2D eigenvalue weighted by molar-refractivity contribution is 6.28. The van der Waals surface area contributed by atoms with Gasteiger partial charge in [-0.3, -0.25) is 0 Å². The fourth-order valence-electron chi connectivity index (χ4n) is 7.44. The van der Waals surface area contributed by atoms with Gasteiger partial charge in [0.25, 0.3) is 0 Å². The number of hydrogen-bond donors (Lipinski definition) is 0. The average Bonchev–Trinajstić information content (AvgIpc) is 3.69. The van der Waals surface area contributed by atoms with Crippen LogP contribution in [0, 0.1) is 0 Å². The molecule has 10 rings (SSSR count). The molecule has 0 spiro atoms. The van der Waals surface area contributed by atoms with Crippen molar-refractivity contribution in [1.29, 1.82) is 0 Å². The molecule has 10 aromatic rings. The van der Waals surface area contributed by atoms with E-state index in [0.29, 0.717) is 0 Å². The third kappa shape index (κ3) is 2.78. The monoisotopic (exact) mass is 532 g/mol. The van der Waals surface area contributed by atoms with Crippen molar-refractivity contribution in [2.45, 2.75) is 0 Å². The Morgan fingerprint density at radius 1 is 0.357 bits per heavy atom. The zero-order chi connectivity index (χ0) is 27.4. The molecule has 3 heterocycles. The van der Waals surface area contributed by atoms with Gasteiger partial charge in [-0.25, -0.2) is 0 Å². The molecule has 0 radical (unpaired) electrons. The Kier molecular flexibility index (Phi) is 4.21. The smallest absolute Gasteiger partial charge is 0.0620 e. The Labute approximate surface area is 241 Å². The number of para-hydroxylation sites is 3. The molecule has 0 unspecified atom stereocenters. The van der Waals surface area contributed by atoms with Gasteiger partial charge >= 0.3 is 0 Å². The number of hydrogen-bond acceptors (Lipinski definition) is 0. The Bertz CT molecular complexity index is 2670. The molecule has 2 heteroatoms. The third-order valence-electron chi connectivity index (χ3n) is 9.22. The van der Waals surface area contributed by atoms with E-state index in [1.165, 1.54) is 87.5 Å². The molecule has 0 bridgehead atoms. The van der Waals surface area contributed by atoms with Crippen LogP contribution in [0.25, 0.3) is 87.5 Å². The summed E-state index contributed by atoms with van der Waals surface area (Å²) >= 11 is 0. The Morgan fingerprint density at radius 3 is 1.83 bits per heavy atom. The largest absolute Gasteiger partial charge is 0.309 e. The van der Waals surface area contributed by atoms with Crippen molar-refractivity contribution in [2.75, 3.05) is 0 Å². The molecule has 0 saturated carbocycles. The molecule has 0 fully saturated rings. The fourth-order valence-corrected chi connectivity index (χ4v) is 7.44. The maximum atomic E-state index is 2.47. The molecular weight excluding hydrogens is 508 g/mol. The Balaban J connectivity index is 1.23. The molecule has 3 aromatic heterocycles. The maximum Gasteiger partial charge on any atom is 0.0620 e. The van der Waals surface area contributed by atoms with Crippen molar-refractivity contribution < 1.29 is 0 Å². The van der Waals surface area contributed by atoms with Crippen LogP contribution < -0.4 is 0 Å². The number of benzene rings is 7.